The number of rotatable bonds is 6. The molecule has 1 N–H and O–H groups in total. The predicted octanol–water partition coefficient (Wildman–Crippen LogP) is 3.72. The molecule has 110 valence electrons. The molecule has 0 unspecified atom stereocenters. The van der Waals surface area contributed by atoms with E-state index < -0.39 is 15.5 Å². The van der Waals surface area contributed by atoms with E-state index in [0.717, 1.165) is 5.31 Å². The van der Waals surface area contributed by atoms with E-state index in [4.69, 9.17) is 1.41 Å². The third-order valence-electron chi connectivity index (χ3n) is 3.40. The number of benzene rings is 1. The molecular formula is C13H19N3O4. The molecule has 0 saturated carbocycles. The maximum atomic E-state index is 11.3. The highest BCUT2D eigenvalue weighted by atomic mass is 16.6. The van der Waals surface area contributed by atoms with Gasteiger partial charge in [-0.15, -0.1) is 0 Å². The van der Waals surface area contributed by atoms with Gasteiger partial charge in [-0.25, -0.2) is 0 Å². The van der Waals surface area contributed by atoms with Gasteiger partial charge in [0.25, 0.3) is 5.69 Å². The molecule has 20 heavy (non-hydrogen) atoms. The number of nitrogens with zero attached hydrogens (tertiary/aromatic N) is 2. The summed E-state index contributed by atoms with van der Waals surface area (Å²) in [5, 5.41) is 23.5. The standard InChI is InChI=1S/C13H19N3O4/c1-5-10(6-2)14-12-11(15(17)18)7-8(3)9(4)13(12)16(19)20/h7,10,14H,5-6H2,1-4H3/i/hD. The zero-order valence-corrected chi connectivity index (χ0v) is 12.0. The molecule has 0 aliphatic heterocycles. The first-order valence-corrected chi connectivity index (χ1v) is 6.47. The summed E-state index contributed by atoms with van der Waals surface area (Å²) in [5.74, 6) is 0. The number of hydrogen-bond donors (Lipinski definition) is 1. The maximum Gasteiger partial charge on any atom is 0.302 e. The lowest BCUT2D eigenvalue weighted by Crippen LogP contribution is -2.19. The summed E-state index contributed by atoms with van der Waals surface area (Å²) in [4.78, 5) is 21.3. The Bertz CT molecular complexity index is 573. The average Bonchev–Trinajstić information content (AvgIpc) is 2.41. The van der Waals surface area contributed by atoms with Crippen LogP contribution in [0.3, 0.4) is 0 Å². The van der Waals surface area contributed by atoms with Crippen molar-refractivity contribution in [2.45, 2.75) is 46.6 Å². The Morgan fingerprint density at radius 2 is 1.80 bits per heavy atom. The quantitative estimate of drug-likeness (QED) is 0.633. The van der Waals surface area contributed by atoms with Crippen molar-refractivity contribution in [3.8, 4) is 0 Å². The average molecular weight is 282 g/mol. The van der Waals surface area contributed by atoms with E-state index in [1.165, 1.54) is 6.07 Å². The third-order valence-corrected chi connectivity index (χ3v) is 3.40. The predicted molar refractivity (Wildman–Crippen MR) is 77.2 cm³/mol. The Morgan fingerprint density at radius 1 is 1.25 bits per heavy atom. The molecule has 7 heteroatoms. The molecule has 7 nitrogen and oxygen atoms in total. The van der Waals surface area contributed by atoms with Crippen LogP contribution >= 0.6 is 0 Å². The number of nitro benzene ring substituents is 2. The molecule has 0 bridgehead atoms. The van der Waals surface area contributed by atoms with Crippen LogP contribution in [0.5, 0.6) is 0 Å². The number of nitro groups is 2. The van der Waals surface area contributed by atoms with Crippen molar-refractivity contribution in [2.24, 2.45) is 0 Å². The SMILES string of the molecule is [2H]N(c1c([N+](=O)[O-])cc(C)c(C)c1[N+](=O)[O-])C(CC)CC. The molecule has 0 aliphatic carbocycles. The van der Waals surface area contributed by atoms with Gasteiger partial charge in [-0.2, -0.15) is 0 Å². The van der Waals surface area contributed by atoms with Crippen LogP contribution in [-0.2, 0) is 0 Å². The summed E-state index contributed by atoms with van der Waals surface area (Å²) in [6.07, 6.45) is 1.14. The van der Waals surface area contributed by atoms with E-state index in [9.17, 15) is 20.2 Å². The van der Waals surface area contributed by atoms with Crippen molar-refractivity contribution in [3.63, 3.8) is 0 Å². The zero-order valence-electron chi connectivity index (χ0n) is 13.0. The Hall–Kier alpha value is -2.18. The minimum absolute atomic E-state index is 0.234. The zero-order chi connectivity index (χ0) is 16.3. The first-order chi connectivity index (χ1) is 9.76. The summed E-state index contributed by atoms with van der Waals surface area (Å²) in [7, 11) is 0. The molecule has 0 atom stereocenters. The molecular weight excluding hydrogens is 262 g/mol. The fourth-order valence-corrected chi connectivity index (χ4v) is 2.01. The molecule has 1 rings (SSSR count). The second kappa shape index (κ2) is 6.31. The van der Waals surface area contributed by atoms with Crippen LogP contribution in [0.1, 0.15) is 37.8 Å². The molecule has 0 aromatic heterocycles. The highest BCUT2D eigenvalue weighted by molar-refractivity contribution is 5.77. The highest BCUT2D eigenvalue weighted by Crippen LogP contribution is 2.39. The first kappa shape index (κ1) is 14.2. The van der Waals surface area contributed by atoms with Gasteiger partial charge in [0.05, 0.1) is 9.85 Å². The van der Waals surface area contributed by atoms with Gasteiger partial charge in [0.1, 0.15) is 0 Å². The number of aryl methyl sites for hydroxylation is 1. The maximum absolute atomic E-state index is 11.3. The minimum atomic E-state index is -0.668. The minimum Gasteiger partial charge on any atom is -0.371 e. The van der Waals surface area contributed by atoms with E-state index >= 15 is 0 Å². The molecule has 0 heterocycles. The Kier molecular flexibility index (Phi) is 4.49. The Morgan fingerprint density at radius 3 is 2.20 bits per heavy atom. The molecule has 0 saturated heterocycles. The van der Waals surface area contributed by atoms with Gasteiger partial charge in [0, 0.05) is 17.7 Å². The largest absolute Gasteiger partial charge is 0.371 e. The lowest BCUT2D eigenvalue weighted by Gasteiger charge is -2.17. The van der Waals surface area contributed by atoms with Crippen molar-refractivity contribution in [3.05, 3.63) is 37.4 Å². The van der Waals surface area contributed by atoms with Crippen molar-refractivity contribution < 1.29 is 11.3 Å². The fourth-order valence-electron chi connectivity index (χ4n) is 2.01. The second-order valence-electron chi connectivity index (χ2n) is 4.65. The molecule has 0 amide bonds. The molecule has 0 radical (unpaired) electrons. The van der Waals surface area contributed by atoms with Crippen LogP contribution in [0.15, 0.2) is 6.07 Å². The molecule has 0 spiro atoms. The lowest BCUT2D eigenvalue weighted by molar-refractivity contribution is -0.392. The van der Waals surface area contributed by atoms with Crippen LogP contribution in [0.4, 0.5) is 17.1 Å². The van der Waals surface area contributed by atoms with E-state index in [-0.39, 0.29) is 17.4 Å². The first-order valence-electron chi connectivity index (χ1n) is 6.91. The van der Waals surface area contributed by atoms with Gasteiger partial charge in [0.15, 0.2) is 7.10 Å². The van der Waals surface area contributed by atoms with Crippen LogP contribution in [-0.4, -0.2) is 15.9 Å². The Balaban J connectivity index is 3.70. The lowest BCUT2D eigenvalue weighted by atomic mass is 10.0. The number of hydrogen-bond acceptors (Lipinski definition) is 5. The third kappa shape index (κ3) is 3.04. The van der Waals surface area contributed by atoms with Gasteiger partial charge in [-0.1, -0.05) is 13.8 Å². The van der Waals surface area contributed by atoms with E-state index in [2.05, 4.69) is 0 Å². The summed E-state index contributed by atoms with van der Waals surface area (Å²) in [5.41, 5.74) is -0.170. The van der Waals surface area contributed by atoms with Crippen molar-refractivity contribution in [1.29, 1.82) is 0 Å². The number of anilines is 1. The van der Waals surface area contributed by atoms with Crippen LogP contribution < -0.4 is 5.31 Å². The van der Waals surface area contributed by atoms with Crippen LogP contribution in [0.2, 0.25) is 1.41 Å². The summed E-state index contributed by atoms with van der Waals surface area (Å²) in [6, 6.07) is 0.978. The van der Waals surface area contributed by atoms with Crippen molar-refractivity contribution in [2.75, 3.05) is 5.31 Å². The van der Waals surface area contributed by atoms with E-state index in [1.807, 2.05) is 13.8 Å². The smallest absolute Gasteiger partial charge is 0.302 e. The van der Waals surface area contributed by atoms with Crippen molar-refractivity contribution >= 4 is 17.1 Å². The monoisotopic (exact) mass is 282 g/mol. The van der Waals surface area contributed by atoms with Crippen molar-refractivity contribution in [1.82, 2.24) is 0 Å². The normalized spacial score (nSPS) is 11.3. The molecule has 1 aromatic rings. The summed E-state index contributed by atoms with van der Waals surface area (Å²) < 4.78 is 8.13. The molecule has 0 fully saturated rings. The Labute approximate surface area is 118 Å². The second-order valence-corrected chi connectivity index (χ2v) is 4.65. The van der Waals surface area contributed by atoms with Gasteiger partial charge >= 0.3 is 5.69 Å². The van der Waals surface area contributed by atoms with E-state index in [0.29, 0.717) is 24.0 Å². The van der Waals surface area contributed by atoms with E-state index in [1.54, 1.807) is 13.8 Å². The number of nitrogens with one attached hydrogen (secondary N) is 1. The van der Waals surface area contributed by atoms with Crippen LogP contribution in [0.25, 0.3) is 0 Å². The highest BCUT2D eigenvalue weighted by Gasteiger charge is 2.30. The summed E-state index contributed by atoms with van der Waals surface area (Å²) in [6.45, 7) is 6.81. The summed E-state index contributed by atoms with van der Waals surface area (Å²) >= 11 is 0. The van der Waals surface area contributed by atoms with Gasteiger partial charge in [-0.05, 0) is 32.3 Å². The van der Waals surface area contributed by atoms with Gasteiger partial charge < -0.3 is 5.31 Å². The molecule has 0 aliphatic rings. The van der Waals surface area contributed by atoms with Gasteiger partial charge in [-0.3, -0.25) is 20.2 Å². The van der Waals surface area contributed by atoms with Gasteiger partial charge in [0.2, 0.25) is 0 Å². The van der Waals surface area contributed by atoms with Crippen LogP contribution in [0, 0.1) is 34.1 Å². The molecule has 1 aromatic carbocycles. The fraction of sp³-hybridized carbons (Fsp3) is 0.538. The topological polar surface area (TPSA) is 98.3 Å².